The number of hydrogen-bond acceptors (Lipinski definition) is 6. The smallest absolute Gasteiger partial charge is 0.331 e. The largest absolute Gasteiger partial charge is 0.489 e. The molecule has 0 bridgehead atoms. The van der Waals surface area contributed by atoms with Gasteiger partial charge in [-0.2, -0.15) is 0 Å². The van der Waals surface area contributed by atoms with Gasteiger partial charge < -0.3 is 29.5 Å². The molecule has 4 rings (SSSR count). The van der Waals surface area contributed by atoms with Crippen LogP contribution in [0.3, 0.4) is 0 Å². The van der Waals surface area contributed by atoms with Gasteiger partial charge in [-0.25, -0.2) is 9.59 Å². The third-order valence-electron chi connectivity index (χ3n) is 4.46. The highest BCUT2D eigenvalue weighted by Gasteiger charge is 2.15. The number of amides is 1. The van der Waals surface area contributed by atoms with Crippen molar-refractivity contribution in [3.05, 3.63) is 55.9 Å². The van der Waals surface area contributed by atoms with E-state index >= 15 is 0 Å². The minimum absolute atomic E-state index is 0.356. The molecule has 0 aliphatic carbocycles. The number of aromatic amines is 2. The van der Waals surface area contributed by atoms with E-state index in [2.05, 4.69) is 31.2 Å². The van der Waals surface area contributed by atoms with E-state index in [0.717, 1.165) is 6.42 Å². The average molecular weight is 523 g/mol. The van der Waals surface area contributed by atoms with Gasteiger partial charge in [0.2, 0.25) is 0 Å². The van der Waals surface area contributed by atoms with E-state index in [4.69, 9.17) is 25.8 Å². The van der Waals surface area contributed by atoms with Gasteiger partial charge in [-0.3, -0.25) is 4.79 Å². The Morgan fingerprint density at radius 3 is 2.72 bits per heavy atom. The molecule has 9 nitrogen and oxygen atoms in total. The zero-order valence-corrected chi connectivity index (χ0v) is 18.8. The normalized spacial score (nSPS) is 13.2. The fraction of sp³-hybridized carbons (Fsp3) is 0.190. The lowest BCUT2D eigenvalue weighted by Gasteiger charge is -2.10. The van der Waals surface area contributed by atoms with Gasteiger partial charge in [-0.15, -0.1) is 0 Å². The predicted molar refractivity (Wildman–Crippen MR) is 122 cm³/mol. The summed E-state index contributed by atoms with van der Waals surface area (Å²) in [5.74, 6) is -0.251. The van der Waals surface area contributed by atoms with Crippen molar-refractivity contribution < 1.29 is 23.8 Å². The number of nitrogens with one attached hydrogen (secondary N) is 3. The molecule has 1 amide bonds. The van der Waals surface area contributed by atoms with Crippen molar-refractivity contribution in [2.75, 3.05) is 25.1 Å². The van der Waals surface area contributed by atoms with E-state index in [1.54, 1.807) is 24.3 Å². The van der Waals surface area contributed by atoms with Crippen molar-refractivity contribution in [2.45, 2.75) is 6.42 Å². The van der Waals surface area contributed by atoms with Crippen LogP contribution in [-0.2, 0) is 14.3 Å². The SMILES string of the molecule is O=C(COC(=O)C=Cc1cc(Cl)c2c(c1)OCCCO2)Nc1cc2[nH]c(=O)[nH]c2cc1Br. The first kappa shape index (κ1) is 22.0. The van der Waals surface area contributed by atoms with Crippen LogP contribution in [0.15, 0.2) is 39.6 Å². The molecule has 0 atom stereocenters. The maximum absolute atomic E-state index is 12.2. The van der Waals surface area contributed by atoms with Gasteiger partial charge in [0.1, 0.15) is 0 Å². The molecule has 2 aromatic carbocycles. The molecule has 0 saturated heterocycles. The summed E-state index contributed by atoms with van der Waals surface area (Å²) < 4.78 is 16.7. The molecule has 0 saturated carbocycles. The molecular weight excluding hydrogens is 506 g/mol. The van der Waals surface area contributed by atoms with Crippen LogP contribution in [0.5, 0.6) is 11.5 Å². The summed E-state index contributed by atoms with van der Waals surface area (Å²) in [5, 5.41) is 3.00. The van der Waals surface area contributed by atoms with E-state index in [0.29, 0.717) is 56.5 Å². The van der Waals surface area contributed by atoms with Crippen molar-refractivity contribution in [1.29, 1.82) is 0 Å². The molecule has 1 aliphatic rings. The summed E-state index contributed by atoms with van der Waals surface area (Å²) in [6.07, 6.45) is 3.45. The number of carbonyl (C=O) groups excluding carboxylic acids is 2. The zero-order chi connectivity index (χ0) is 22.7. The molecule has 0 radical (unpaired) electrons. The van der Waals surface area contributed by atoms with E-state index in [9.17, 15) is 14.4 Å². The molecule has 11 heteroatoms. The number of carbonyl (C=O) groups is 2. The van der Waals surface area contributed by atoms with E-state index in [-0.39, 0.29) is 5.69 Å². The van der Waals surface area contributed by atoms with E-state index in [1.807, 2.05) is 0 Å². The summed E-state index contributed by atoms with van der Waals surface area (Å²) >= 11 is 9.56. The minimum atomic E-state index is -0.701. The minimum Gasteiger partial charge on any atom is -0.489 e. The third kappa shape index (κ3) is 5.14. The molecule has 1 aliphatic heterocycles. The number of esters is 1. The highest BCUT2D eigenvalue weighted by atomic mass is 79.9. The highest BCUT2D eigenvalue weighted by Crippen LogP contribution is 2.38. The summed E-state index contributed by atoms with van der Waals surface area (Å²) in [6.45, 7) is 0.542. The van der Waals surface area contributed by atoms with Crippen LogP contribution in [0.1, 0.15) is 12.0 Å². The van der Waals surface area contributed by atoms with Crippen molar-refractivity contribution >= 4 is 62.2 Å². The Kier molecular flexibility index (Phi) is 6.52. The molecular formula is C21H17BrClN3O6. The maximum Gasteiger partial charge on any atom is 0.331 e. The van der Waals surface area contributed by atoms with Gasteiger partial charge in [0, 0.05) is 17.0 Å². The fourth-order valence-corrected chi connectivity index (χ4v) is 3.75. The number of fused-ring (bicyclic) bond motifs is 2. The van der Waals surface area contributed by atoms with E-state index < -0.39 is 18.5 Å². The molecule has 2 heterocycles. The maximum atomic E-state index is 12.2. The van der Waals surface area contributed by atoms with Gasteiger partial charge in [-0.1, -0.05) is 11.6 Å². The summed E-state index contributed by atoms with van der Waals surface area (Å²) in [6, 6.07) is 6.59. The first-order valence-corrected chi connectivity index (χ1v) is 10.7. The third-order valence-corrected chi connectivity index (χ3v) is 5.40. The lowest BCUT2D eigenvalue weighted by atomic mass is 10.2. The van der Waals surface area contributed by atoms with Gasteiger partial charge in [0.15, 0.2) is 18.1 Å². The Labute approximate surface area is 194 Å². The number of aromatic nitrogens is 2. The Morgan fingerprint density at radius 1 is 1.16 bits per heavy atom. The lowest BCUT2D eigenvalue weighted by molar-refractivity contribution is -0.142. The highest BCUT2D eigenvalue weighted by molar-refractivity contribution is 9.10. The number of H-pyrrole nitrogens is 2. The standard InChI is InChI=1S/C21H17BrClN3O6/c22-12-8-15-16(26-21(29)25-15)9-14(12)24-18(27)10-32-19(28)3-2-11-6-13(23)20-17(7-11)30-4-1-5-31-20/h2-3,6-9H,1,4-5,10H2,(H,24,27)(H2,25,26,29). The first-order chi connectivity index (χ1) is 15.4. The molecule has 0 unspecified atom stereocenters. The van der Waals surface area contributed by atoms with Crippen molar-refractivity contribution in [3.8, 4) is 11.5 Å². The zero-order valence-electron chi connectivity index (χ0n) is 16.5. The molecule has 1 aromatic heterocycles. The monoisotopic (exact) mass is 521 g/mol. The van der Waals surface area contributed by atoms with Crippen molar-refractivity contribution in [2.24, 2.45) is 0 Å². The van der Waals surface area contributed by atoms with Gasteiger partial charge in [-0.05, 0) is 51.8 Å². The second-order valence-electron chi connectivity index (χ2n) is 6.83. The number of imidazole rings is 1. The van der Waals surface area contributed by atoms with Crippen molar-refractivity contribution in [3.63, 3.8) is 0 Å². The van der Waals surface area contributed by atoms with Gasteiger partial charge >= 0.3 is 11.7 Å². The Bertz CT molecular complexity index is 1280. The number of hydrogen-bond donors (Lipinski definition) is 3. The quantitative estimate of drug-likeness (QED) is 0.347. The first-order valence-electron chi connectivity index (χ1n) is 9.54. The second-order valence-corrected chi connectivity index (χ2v) is 8.09. The van der Waals surface area contributed by atoms with Gasteiger partial charge in [0.05, 0.1) is 35.0 Å². The van der Waals surface area contributed by atoms with Gasteiger partial charge in [0.25, 0.3) is 5.91 Å². The number of benzene rings is 2. The number of rotatable bonds is 5. The van der Waals surface area contributed by atoms with Crippen LogP contribution in [0.4, 0.5) is 5.69 Å². The fourth-order valence-electron chi connectivity index (χ4n) is 3.03. The summed E-state index contributed by atoms with van der Waals surface area (Å²) in [7, 11) is 0. The van der Waals surface area contributed by atoms with Crippen LogP contribution in [-0.4, -0.2) is 41.7 Å². The molecule has 166 valence electrons. The van der Waals surface area contributed by atoms with Crippen LogP contribution in [0, 0.1) is 0 Å². The Balaban J connectivity index is 1.35. The van der Waals surface area contributed by atoms with Crippen LogP contribution < -0.4 is 20.5 Å². The van der Waals surface area contributed by atoms with Crippen LogP contribution in [0.2, 0.25) is 5.02 Å². The molecule has 3 aromatic rings. The van der Waals surface area contributed by atoms with Crippen LogP contribution >= 0.6 is 27.5 Å². The summed E-state index contributed by atoms with van der Waals surface area (Å²) in [4.78, 5) is 40.8. The van der Waals surface area contributed by atoms with Crippen molar-refractivity contribution in [1.82, 2.24) is 9.97 Å². The predicted octanol–water partition coefficient (Wildman–Crippen LogP) is 3.63. The molecule has 0 spiro atoms. The molecule has 32 heavy (non-hydrogen) atoms. The molecule has 0 fully saturated rings. The lowest BCUT2D eigenvalue weighted by Crippen LogP contribution is -2.20. The average Bonchev–Trinajstić information content (AvgIpc) is 2.95. The second kappa shape index (κ2) is 9.49. The number of ether oxygens (including phenoxy) is 3. The number of halogens is 2. The topological polar surface area (TPSA) is 123 Å². The number of anilines is 1. The molecule has 3 N–H and O–H groups in total. The van der Waals surface area contributed by atoms with E-state index in [1.165, 1.54) is 12.2 Å². The Morgan fingerprint density at radius 2 is 1.91 bits per heavy atom. The Hall–Kier alpha value is -3.24. The summed E-state index contributed by atoms with van der Waals surface area (Å²) in [5.41, 5.74) is 1.81. The van der Waals surface area contributed by atoms with Crippen LogP contribution in [0.25, 0.3) is 17.1 Å².